The van der Waals surface area contributed by atoms with Gasteiger partial charge in [-0.25, -0.2) is 0 Å². The number of alkyl halides is 3. The van der Waals surface area contributed by atoms with E-state index in [-0.39, 0.29) is 17.3 Å². The van der Waals surface area contributed by atoms with Crippen LogP contribution in [0.25, 0.3) is 0 Å². The van der Waals surface area contributed by atoms with Crippen LogP contribution in [0, 0.1) is 6.92 Å². The molecule has 0 aliphatic carbocycles. The number of ether oxygens (including phenoxy) is 1. The summed E-state index contributed by atoms with van der Waals surface area (Å²) in [6, 6.07) is 7.91. The second-order valence-electron chi connectivity index (χ2n) is 5.30. The van der Waals surface area contributed by atoms with Gasteiger partial charge in [0.2, 0.25) is 0 Å². The summed E-state index contributed by atoms with van der Waals surface area (Å²) >= 11 is 1.37. The molecule has 130 valence electrons. The molecule has 0 bridgehead atoms. The molecule has 1 amide bonds. The van der Waals surface area contributed by atoms with Crippen molar-refractivity contribution in [2.24, 2.45) is 0 Å². The molecule has 7 heteroatoms. The van der Waals surface area contributed by atoms with Gasteiger partial charge in [-0.05, 0) is 37.1 Å². The molecule has 0 saturated carbocycles. The number of benzene rings is 1. The van der Waals surface area contributed by atoms with Gasteiger partial charge in [0.05, 0.1) is 10.6 Å². The first-order chi connectivity index (χ1) is 11.3. The summed E-state index contributed by atoms with van der Waals surface area (Å²) in [5, 5.41) is 2.62. The molecule has 2 rings (SSSR count). The zero-order chi connectivity index (χ0) is 17.7. The Labute approximate surface area is 142 Å². The van der Waals surface area contributed by atoms with Gasteiger partial charge in [0, 0.05) is 4.88 Å². The number of hydrogen-bond donors (Lipinski definition) is 1. The molecule has 0 spiro atoms. The Morgan fingerprint density at radius 3 is 2.67 bits per heavy atom. The fraction of sp³-hybridized carbons (Fsp3) is 0.353. The molecule has 1 aromatic heterocycles. The van der Waals surface area contributed by atoms with E-state index in [2.05, 4.69) is 12.2 Å². The van der Waals surface area contributed by atoms with Crippen molar-refractivity contribution in [2.75, 3.05) is 11.9 Å². The summed E-state index contributed by atoms with van der Waals surface area (Å²) in [5.74, 6) is -0.362. The van der Waals surface area contributed by atoms with Gasteiger partial charge in [-0.2, -0.15) is 13.2 Å². The minimum atomic E-state index is -4.43. The number of carbonyl (C=O) groups is 1. The first-order valence-electron chi connectivity index (χ1n) is 7.49. The predicted molar refractivity (Wildman–Crippen MR) is 89.0 cm³/mol. The summed E-state index contributed by atoms with van der Waals surface area (Å²) in [4.78, 5) is 14.0. The third-order valence-corrected chi connectivity index (χ3v) is 4.38. The van der Waals surface area contributed by atoms with Crippen molar-refractivity contribution in [2.45, 2.75) is 32.9 Å². The number of rotatable bonds is 6. The molecule has 0 aliphatic rings. The lowest BCUT2D eigenvalue weighted by Gasteiger charge is -2.13. The van der Waals surface area contributed by atoms with Gasteiger partial charge in [0.1, 0.15) is 5.75 Å². The van der Waals surface area contributed by atoms with E-state index in [4.69, 9.17) is 4.74 Å². The fourth-order valence-corrected chi connectivity index (χ4v) is 3.16. The van der Waals surface area contributed by atoms with E-state index in [9.17, 15) is 18.0 Å². The Bertz CT molecular complexity index is 710. The highest BCUT2D eigenvalue weighted by Gasteiger charge is 2.29. The first-order valence-corrected chi connectivity index (χ1v) is 8.31. The van der Waals surface area contributed by atoms with Crippen molar-refractivity contribution in [1.82, 2.24) is 0 Å². The van der Waals surface area contributed by atoms with E-state index in [0.717, 1.165) is 23.3 Å². The van der Waals surface area contributed by atoms with Crippen molar-refractivity contribution >= 4 is 22.9 Å². The van der Waals surface area contributed by atoms with E-state index in [1.165, 1.54) is 23.5 Å². The van der Waals surface area contributed by atoms with E-state index in [0.29, 0.717) is 4.88 Å². The lowest BCUT2D eigenvalue weighted by atomic mass is 10.1. The van der Waals surface area contributed by atoms with Crippen molar-refractivity contribution in [3.63, 3.8) is 0 Å². The van der Waals surface area contributed by atoms with Gasteiger partial charge in [-0.15, -0.1) is 11.3 Å². The lowest BCUT2D eigenvalue weighted by molar-refractivity contribution is -0.153. The van der Waals surface area contributed by atoms with Gasteiger partial charge in [0.25, 0.3) is 5.91 Å². The molecular formula is C17H18F3NO2S. The molecule has 0 atom stereocenters. The summed E-state index contributed by atoms with van der Waals surface area (Å²) in [6.45, 7) is 2.61. The number of hydrogen-bond acceptors (Lipinski definition) is 3. The molecule has 3 nitrogen and oxygen atoms in total. The Morgan fingerprint density at radius 1 is 1.29 bits per heavy atom. The molecule has 0 fully saturated rings. The maximum atomic E-state index is 12.4. The van der Waals surface area contributed by atoms with Crippen LogP contribution in [-0.4, -0.2) is 18.7 Å². The number of amides is 1. The highest BCUT2D eigenvalue weighted by atomic mass is 32.1. The second-order valence-corrected chi connectivity index (χ2v) is 6.55. The minimum absolute atomic E-state index is 0.00904. The number of carbonyl (C=O) groups excluding carboxylic acids is 1. The second kappa shape index (κ2) is 7.70. The average Bonchev–Trinajstić information content (AvgIpc) is 2.87. The van der Waals surface area contributed by atoms with E-state index < -0.39 is 12.8 Å². The lowest BCUT2D eigenvalue weighted by Crippen LogP contribution is -2.20. The van der Waals surface area contributed by atoms with Gasteiger partial charge >= 0.3 is 6.18 Å². The highest BCUT2D eigenvalue weighted by molar-refractivity contribution is 7.14. The molecule has 0 unspecified atom stereocenters. The Morgan fingerprint density at radius 2 is 2.00 bits per heavy atom. The molecule has 1 aromatic carbocycles. The normalized spacial score (nSPS) is 11.4. The quantitative estimate of drug-likeness (QED) is 0.771. The standard InChI is InChI=1S/C17H18F3NO2S/c1-3-6-12-9-15(24-11(12)2)16(22)21-13-7-4-5-8-14(13)23-10-17(18,19)20/h4-5,7-9H,3,6,10H2,1-2H3,(H,21,22). The van der Waals surface area contributed by atoms with E-state index in [1.807, 2.05) is 13.0 Å². The zero-order valence-electron chi connectivity index (χ0n) is 13.4. The SMILES string of the molecule is CCCc1cc(C(=O)Nc2ccccc2OCC(F)(F)F)sc1C. The van der Waals surface area contributed by atoms with Gasteiger partial charge < -0.3 is 10.1 Å². The Balaban J connectivity index is 2.13. The molecule has 1 N–H and O–H groups in total. The first kappa shape index (κ1) is 18.3. The largest absolute Gasteiger partial charge is 0.482 e. The van der Waals surface area contributed by atoms with Crippen LogP contribution in [0.5, 0.6) is 5.75 Å². The molecule has 1 heterocycles. The maximum Gasteiger partial charge on any atom is 0.422 e. The summed E-state index contributed by atoms with van der Waals surface area (Å²) in [7, 11) is 0. The third-order valence-electron chi connectivity index (χ3n) is 3.29. The zero-order valence-corrected chi connectivity index (χ0v) is 14.2. The van der Waals surface area contributed by atoms with Gasteiger partial charge in [0.15, 0.2) is 6.61 Å². The van der Waals surface area contributed by atoms with Gasteiger partial charge in [-0.3, -0.25) is 4.79 Å². The van der Waals surface area contributed by atoms with Crippen molar-refractivity contribution < 1.29 is 22.7 Å². The molecule has 0 radical (unpaired) electrons. The summed E-state index contributed by atoms with van der Waals surface area (Å²) < 4.78 is 41.7. The number of anilines is 1. The minimum Gasteiger partial charge on any atom is -0.482 e. The molecular weight excluding hydrogens is 339 g/mol. The van der Waals surface area contributed by atoms with Crippen LogP contribution in [-0.2, 0) is 6.42 Å². The fourth-order valence-electron chi connectivity index (χ4n) is 2.19. The van der Waals surface area contributed by atoms with Crippen molar-refractivity contribution in [3.05, 3.63) is 45.6 Å². The summed E-state index contributed by atoms with van der Waals surface area (Å²) in [6.07, 6.45) is -2.56. The number of thiophene rings is 1. The third kappa shape index (κ3) is 4.99. The number of aryl methyl sites for hydroxylation is 2. The van der Waals surface area contributed by atoms with Crippen LogP contribution in [0.15, 0.2) is 30.3 Å². The van der Waals surface area contributed by atoms with Crippen LogP contribution in [0.2, 0.25) is 0 Å². The maximum absolute atomic E-state index is 12.4. The predicted octanol–water partition coefficient (Wildman–Crippen LogP) is 5.20. The smallest absolute Gasteiger partial charge is 0.422 e. The number of nitrogens with one attached hydrogen (secondary N) is 1. The number of para-hydroxylation sites is 2. The highest BCUT2D eigenvalue weighted by Crippen LogP contribution is 2.28. The number of halogens is 3. The topological polar surface area (TPSA) is 38.3 Å². The van der Waals surface area contributed by atoms with E-state index >= 15 is 0 Å². The summed E-state index contributed by atoms with van der Waals surface area (Å²) in [5.41, 5.74) is 1.34. The monoisotopic (exact) mass is 357 g/mol. The van der Waals surface area contributed by atoms with E-state index in [1.54, 1.807) is 12.1 Å². The Hall–Kier alpha value is -2.02. The van der Waals surface area contributed by atoms with Crippen LogP contribution >= 0.6 is 11.3 Å². The van der Waals surface area contributed by atoms with Gasteiger partial charge in [-0.1, -0.05) is 25.5 Å². The molecule has 24 heavy (non-hydrogen) atoms. The van der Waals surface area contributed by atoms with Crippen LogP contribution < -0.4 is 10.1 Å². The molecule has 0 aliphatic heterocycles. The van der Waals surface area contributed by atoms with Crippen LogP contribution in [0.3, 0.4) is 0 Å². The molecule has 0 saturated heterocycles. The van der Waals surface area contributed by atoms with Crippen molar-refractivity contribution in [3.8, 4) is 5.75 Å². The van der Waals surface area contributed by atoms with Crippen LogP contribution in [0.4, 0.5) is 18.9 Å². The average molecular weight is 357 g/mol. The molecule has 2 aromatic rings. The Kier molecular flexibility index (Phi) is 5.88. The van der Waals surface area contributed by atoms with Crippen LogP contribution in [0.1, 0.15) is 33.5 Å². The van der Waals surface area contributed by atoms with Crippen molar-refractivity contribution in [1.29, 1.82) is 0 Å².